The second-order valence-corrected chi connectivity index (χ2v) is 10.6. The number of aliphatic hydroxyl groups is 2. The Bertz CT molecular complexity index is 350. The molecule has 2 unspecified atom stereocenters. The van der Waals surface area contributed by atoms with Crippen molar-refractivity contribution in [1.29, 1.82) is 0 Å². The van der Waals surface area contributed by atoms with Gasteiger partial charge in [-0.15, -0.1) is 0 Å². The average molecular weight is 470 g/mol. The maximum absolute atomic E-state index is 10.1. The van der Waals surface area contributed by atoms with E-state index < -0.39 is 12.5 Å². The zero-order valence-electron chi connectivity index (χ0n) is 22.9. The summed E-state index contributed by atoms with van der Waals surface area (Å²) < 4.78 is 0. The van der Waals surface area contributed by atoms with Gasteiger partial charge in [0, 0.05) is 0 Å². The van der Waals surface area contributed by atoms with Crippen LogP contribution >= 0.6 is 0 Å². The van der Waals surface area contributed by atoms with Gasteiger partial charge in [-0.05, 0) is 25.7 Å². The normalized spacial score (nSPS) is 13.5. The molecule has 0 bridgehead atoms. The zero-order chi connectivity index (χ0) is 24.2. The monoisotopic (exact) mass is 469 g/mol. The first-order chi connectivity index (χ1) is 16.2. The number of unbranched alkanes of at least 4 members (excludes halogenated alkanes) is 22. The minimum Gasteiger partial charge on any atom is -0.379 e. The van der Waals surface area contributed by atoms with Crippen LogP contribution in [0, 0.1) is 0 Å². The quantitative estimate of drug-likeness (QED) is 0.0790. The molecule has 3 N–H and O–H groups in total. The summed E-state index contributed by atoms with van der Waals surface area (Å²) in [6, 6.07) is 0. The first-order valence-electron chi connectivity index (χ1n) is 15.3. The molecule has 33 heavy (non-hydrogen) atoms. The van der Waals surface area contributed by atoms with E-state index in [9.17, 15) is 10.2 Å². The Hall–Kier alpha value is -0.120. The number of rotatable bonds is 28. The summed E-state index contributed by atoms with van der Waals surface area (Å²) in [5.41, 5.74) is 0. The molecule has 0 radical (unpaired) electrons. The molecule has 200 valence electrons. The van der Waals surface area contributed by atoms with Gasteiger partial charge in [0.15, 0.2) is 0 Å². The number of aliphatic hydroxyl groups excluding tert-OH is 2. The van der Waals surface area contributed by atoms with Gasteiger partial charge in [0.05, 0.1) is 0 Å². The third-order valence-electron chi connectivity index (χ3n) is 7.05. The third-order valence-corrected chi connectivity index (χ3v) is 7.05. The summed E-state index contributed by atoms with van der Waals surface area (Å²) in [5, 5.41) is 23.2. The van der Waals surface area contributed by atoms with E-state index >= 15 is 0 Å². The van der Waals surface area contributed by atoms with Crippen molar-refractivity contribution < 1.29 is 10.2 Å². The van der Waals surface area contributed by atoms with E-state index in [-0.39, 0.29) is 0 Å². The highest BCUT2D eigenvalue weighted by molar-refractivity contribution is 4.60. The SMILES string of the molecule is CCCCCCCCCCCCCCCC(O)NC(O)CCCCCCCCCCCCC. The van der Waals surface area contributed by atoms with Crippen LogP contribution in [0.3, 0.4) is 0 Å². The van der Waals surface area contributed by atoms with Gasteiger partial charge in [0.2, 0.25) is 0 Å². The Morgan fingerprint density at radius 2 is 0.576 bits per heavy atom. The first-order valence-corrected chi connectivity index (χ1v) is 15.3. The topological polar surface area (TPSA) is 52.5 Å². The van der Waals surface area contributed by atoms with Crippen LogP contribution in [0.1, 0.15) is 181 Å². The Morgan fingerprint density at radius 3 is 0.818 bits per heavy atom. The molecule has 0 aliphatic carbocycles. The Labute approximate surface area is 208 Å². The van der Waals surface area contributed by atoms with Crippen LogP contribution in [0.4, 0.5) is 0 Å². The molecule has 3 nitrogen and oxygen atoms in total. The Kier molecular flexibility index (Phi) is 28.0. The number of hydrogen-bond donors (Lipinski definition) is 3. The fraction of sp³-hybridized carbons (Fsp3) is 1.00. The van der Waals surface area contributed by atoms with E-state index in [4.69, 9.17) is 0 Å². The van der Waals surface area contributed by atoms with Crippen LogP contribution in [0.5, 0.6) is 0 Å². The molecule has 3 heteroatoms. The minimum absolute atomic E-state index is 0.555. The van der Waals surface area contributed by atoms with Gasteiger partial charge >= 0.3 is 0 Å². The molecule has 0 spiro atoms. The highest BCUT2D eigenvalue weighted by Gasteiger charge is 2.09. The van der Waals surface area contributed by atoms with E-state index in [1.807, 2.05) is 0 Å². The molecule has 0 aliphatic rings. The van der Waals surface area contributed by atoms with E-state index in [1.165, 1.54) is 141 Å². The predicted molar refractivity (Wildman–Crippen MR) is 147 cm³/mol. The van der Waals surface area contributed by atoms with Gasteiger partial charge in [-0.3, -0.25) is 5.32 Å². The fourth-order valence-electron chi connectivity index (χ4n) is 4.75. The van der Waals surface area contributed by atoms with Crippen LogP contribution in [-0.2, 0) is 0 Å². The largest absolute Gasteiger partial charge is 0.379 e. The highest BCUT2D eigenvalue weighted by Crippen LogP contribution is 2.14. The summed E-state index contributed by atoms with van der Waals surface area (Å²) in [4.78, 5) is 0. The summed E-state index contributed by atoms with van der Waals surface area (Å²) in [5.74, 6) is 0. The zero-order valence-corrected chi connectivity index (χ0v) is 22.9. The molecular formula is C30H63NO2. The van der Waals surface area contributed by atoms with Crippen LogP contribution in [0.15, 0.2) is 0 Å². The van der Waals surface area contributed by atoms with Gasteiger partial charge < -0.3 is 10.2 Å². The number of nitrogens with one attached hydrogen (secondary N) is 1. The van der Waals surface area contributed by atoms with Crippen LogP contribution in [0.25, 0.3) is 0 Å². The van der Waals surface area contributed by atoms with E-state index in [1.54, 1.807) is 0 Å². The number of hydrogen-bond acceptors (Lipinski definition) is 3. The molecule has 0 aromatic heterocycles. The van der Waals surface area contributed by atoms with Crippen molar-refractivity contribution in [2.24, 2.45) is 0 Å². The van der Waals surface area contributed by atoms with Gasteiger partial charge in [-0.2, -0.15) is 0 Å². The predicted octanol–water partition coefficient (Wildman–Crippen LogP) is 9.40. The van der Waals surface area contributed by atoms with Gasteiger partial charge in [0.25, 0.3) is 0 Å². The fourth-order valence-corrected chi connectivity index (χ4v) is 4.75. The van der Waals surface area contributed by atoms with Crippen molar-refractivity contribution in [2.45, 2.75) is 193 Å². The molecule has 2 atom stereocenters. The van der Waals surface area contributed by atoms with Crippen molar-refractivity contribution >= 4 is 0 Å². The summed E-state index contributed by atoms with van der Waals surface area (Å²) in [7, 11) is 0. The molecule has 0 heterocycles. The molecule has 0 amide bonds. The first kappa shape index (κ1) is 32.9. The van der Waals surface area contributed by atoms with Crippen molar-refractivity contribution in [3.63, 3.8) is 0 Å². The summed E-state index contributed by atoms with van der Waals surface area (Å²) >= 11 is 0. The molecule has 0 rings (SSSR count). The van der Waals surface area contributed by atoms with Crippen molar-refractivity contribution in [1.82, 2.24) is 5.32 Å². The smallest absolute Gasteiger partial charge is 0.106 e. The highest BCUT2D eigenvalue weighted by atomic mass is 16.3. The van der Waals surface area contributed by atoms with Gasteiger partial charge in [-0.25, -0.2) is 0 Å². The van der Waals surface area contributed by atoms with Crippen molar-refractivity contribution in [3.05, 3.63) is 0 Å². The average Bonchev–Trinajstić information content (AvgIpc) is 2.80. The standard InChI is InChI=1S/C30H63NO2/c1-3-5-7-9-11-13-15-16-18-20-22-24-26-28-30(33)31-29(32)27-25-23-21-19-17-14-12-10-8-6-4-2/h29-33H,3-28H2,1-2H3. The van der Waals surface area contributed by atoms with Crippen LogP contribution < -0.4 is 5.32 Å². The molecule has 0 aromatic rings. The summed E-state index contributed by atoms with van der Waals surface area (Å²) in [6.45, 7) is 4.55. The minimum atomic E-state index is -0.555. The maximum Gasteiger partial charge on any atom is 0.106 e. The van der Waals surface area contributed by atoms with Crippen molar-refractivity contribution in [3.8, 4) is 0 Å². The van der Waals surface area contributed by atoms with E-state index in [0.29, 0.717) is 0 Å². The van der Waals surface area contributed by atoms with Crippen molar-refractivity contribution in [2.75, 3.05) is 0 Å². The lowest BCUT2D eigenvalue weighted by Crippen LogP contribution is -2.38. The Balaban J connectivity index is 3.28. The lowest BCUT2D eigenvalue weighted by Gasteiger charge is -2.18. The van der Waals surface area contributed by atoms with E-state index in [2.05, 4.69) is 19.2 Å². The van der Waals surface area contributed by atoms with Gasteiger partial charge in [-0.1, -0.05) is 155 Å². The lowest BCUT2D eigenvalue weighted by atomic mass is 10.0. The molecule has 0 fully saturated rings. The van der Waals surface area contributed by atoms with Crippen LogP contribution in [0.2, 0.25) is 0 Å². The molecule has 0 aliphatic heterocycles. The second kappa shape index (κ2) is 28.1. The van der Waals surface area contributed by atoms with E-state index in [0.717, 1.165) is 25.7 Å². The van der Waals surface area contributed by atoms with Gasteiger partial charge in [0.1, 0.15) is 12.5 Å². The van der Waals surface area contributed by atoms with Crippen LogP contribution in [-0.4, -0.2) is 22.7 Å². The maximum atomic E-state index is 10.1. The molecular weight excluding hydrogens is 406 g/mol. The molecule has 0 saturated carbocycles. The Morgan fingerprint density at radius 1 is 0.364 bits per heavy atom. The summed E-state index contributed by atoms with van der Waals surface area (Å²) in [6.07, 6.45) is 32.4. The lowest BCUT2D eigenvalue weighted by molar-refractivity contribution is 0.0310. The third kappa shape index (κ3) is 28.0. The molecule has 0 aromatic carbocycles. The second-order valence-electron chi connectivity index (χ2n) is 10.6. The molecule has 0 saturated heterocycles.